The fourth-order valence-corrected chi connectivity index (χ4v) is 3.66. The van der Waals surface area contributed by atoms with Crippen LogP contribution in [0, 0.1) is 0 Å². The van der Waals surface area contributed by atoms with Crippen molar-refractivity contribution in [2.75, 3.05) is 26.3 Å². The fourth-order valence-electron chi connectivity index (χ4n) is 3.66. The first-order chi connectivity index (χ1) is 13.6. The highest BCUT2D eigenvalue weighted by atomic mass is 16.4. The zero-order chi connectivity index (χ0) is 22.1. The number of aliphatic hydroxyl groups excluding tert-OH is 9. The molecule has 11 nitrogen and oxygen atoms in total. The number of nitrogens with zero attached hydrogens (tertiary/aromatic N) is 1. The summed E-state index contributed by atoms with van der Waals surface area (Å²) in [5.41, 5.74) is 5.92. The van der Waals surface area contributed by atoms with Crippen LogP contribution in [0.4, 0.5) is 0 Å². The predicted molar refractivity (Wildman–Crippen MR) is 103 cm³/mol. The molecule has 1 saturated carbocycles. The summed E-state index contributed by atoms with van der Waals surface area (Å²) < 4.78 is 0. The van der Waals surface area contributed by atoms with Crippen LogP contribution in [0.2, 0.25) is 0 Å². The summed E-state index contributed by atoms with van der Waals surface area (Å²) in [6.45, 7) is -1.46. The topological polar surface area (TPSA) is 211 Å². The molecule has 29 heavy (non-hydrogen) atoms. The van der Waals surface area contributed by atoms with Crippen LogP contribution in [0.3, 0.4) is 0 Å². The summed E-state index contributed by atoms with van der Waals surface area (Å²) in [5.74, 6) is 0. The monoisotopic (exact) mass is 426 g/mol. The van der Waals surface area contributed by atoms with Gasteiger partial charge in [-0.2, -0.15) is 0 Å². The van der Waals surface area contributed by atoms with Gasteiger partial charge in [0.05, 0.1) is 24.9 Å². The maximum Gasteiger partial charge on any atom is 0.111 e. The smallest absolute Gasteiger partial charge is 0.111 e. The molecule has 0 spiro atoms. The number of aliphatic hydroxyl groups is 9. The number of nitrogens with two attached hydrogens (primary N) is 1. The van der Waals surface area contributed by atoms with Crippen LogP contribution in [0.5, 0.6) is 0 Å². The lowest BCUT2D eigenvalue weighted by atomic mass is 9.89. The van der Waals surface area contributed by atoms with Gasteiger partial charge in [0.25, 0.3) is 0 Å². The average molecular weight is 427 g/mol. The number of hydrogen-bond acceptors (Lipinski definition) is 11. The number of hydrogen-bond donors (Lipinski definition) is 10. The van der Waals surface area contributed by atoms with E-state index >= 15 is 0 Å². The second-order valence-corrected chi connectivity index (χ2v) is 7.96. The van der Waals surface area contributed by atoms with Crippen molar-refractivity contribution in [3.05, 3.63) is 0 Å². The molecule has 0 bridgehead atoms. The summed E-state index contributed by atoms with van der Waals surface area (Å²) in [6, 6.07) is -0.0691. The molecule has 0 amide bonds. The Labute approximate surface area is 170 Å². The van der Waals surface area contributed by atoms with E-state index in [-0.39, 0.29) is 38.2 Å². The van der Waals surface area contributed by atoms with E-state index in [1.54, 1.807) is 4.90 Å². The third-order valence-corrected chi connectivity index (χ3v) is 5.64. The molecule has 0 heterocycles. The maximum absolute atomic E-state index is 10.3. The summed E-state index contributed by atoms with van der Waals surface area (Å²) in [4.78, 5) is 1.65. The maximum atomic E-state index is 10.3. The van der Waals surface area contributed by atoms with Gasteiger partial charge in [0, 0.05) is 31.8 Å². The average Bonchev–Trinajstić information content (AvgIpc) is 2.71. The summed E-state index contributed by atoms with van der Waals surface area (Å²) in [7, 11) is 0. The van der Waals surface area contributed by atoms with Crippen LogP contribution >= 0.6 is 0 Å². The van der Waals surface area contributed by atoms with Gasteiger partial charge in [-0.1, -0.05) is 0 Å². The molecule has 7 atom stereocenters. The normalized spacial score (nSPS) is 27.8. The van der Waals surface area contributed by atoms with E-state index in [9.17, 15) is 35.7 Å². The molecule has 0 radical (unpaired) electrons. The van der Waals surface area contributed by atoms with Crippen molar-refractivity contribution in [2.24, 2.45) is 5.73 Å². The van der Waals surface area contributed by atoms with Gasteiger partial charge >= 0.3 is 0 Å². The first-order valence-corrected chi connectivity index (χ1v) is 10.1. The third kappa shape index (κ3) is 8.31. The molecule has 0 aromatic heterocycles. The zero-order valence-electron chi connectivity index (χ0n) is 16.6. The van der Waals surface area contributed by atoms with Gasteiger partial charge in [-0.05, 0) is 32.1 Å². The highest BCUT2D eigenvalue weighted by Gasteiger charge is 2.35. The molecular formula is C18H38N2O9. The molecule has 174 valence electrons. The molecule has 0 unspecified atom stereocenters. The van der Waals surface area contributed by atoms with Crippen LogP contribution in [0.15, 0.2) is 0 Å². The van der Waals surface area contributed by atoms with Crippen molar-refractivity contribution < 1.29 is 46.0 Å². The Morgan fingerprint density at radius 2 is 1.17 bits per heavy atom. The molecule has 0 aromatic rings. The summed E-state index contributed by atoms with van der Waals surface area (Å²) >= 11 is 0. The molecule has 0 aromatic carbocycles. The standard InChI is InChI=1S/C18H38N2O9/c19-10-1-3-11(4-2-10)20(7-13(24)16(27)12(23)5-6-21)8-14(25)17(28)18(29)15(26)9-22/h10-18,21-29H,1-9,19H2/t10?,11?,12-,13+,14+,15-,16+,17-,18-/m1/s1. The Hall–Kier alpha value is -0.440. The lowest BCUT2D eigenvalue weighted by molar-refractivity contribution is -0.126. The van der Waals surface area contributed by atoms with Crippen molar-refractivity contribution in [2.45, 2.75) is 86.9 Å². The molecule has 1 aliphatic carbocycles. The molecule has 1 aliphatic rings. The van der Waals surface area contributed by atoms with Crippen LogP contribution in [-0.2, 0) is 0 Å². The van der Waals surface area contributed by atoms with E-state index in [1.165, 1.54) is 0 Å². The Bertz CT molecular complexity index is 440. The highest BCUT2D eigenvalue weighted by molar-refractivity contribution is 4.89. The molecule has 0 saturated heterocycles. The Kier molecular flexibility index (Phi) is 12.0. The highest BCUT2D eigenvalue weighted by Crippen LogP contribution is 2.24. The summed E-state index contributed by atoms with van der Waals surface area (Å²) in [6.07, 6.45) is -8.21. The van der Waals surface area contributed by atoms with Crippen LogP contribution in [0.25, 0.3) is 0 Å². The van der Waals surface area contributed by atoms with Gasteiger partial charge in [-0.25, -0.2) is 0 Å². The first-order valence-electron chi connectivity index (χ1n) is 10.1. The van der Waals surface area contributed by atoms with Crippen molar-refractivity contribution in [3.63, 3.8) is 0 Å². The van der Waals surface area contributed by atoms with Crippen LogP contribution < -0.4 is 5.73 Å². The summed E-state index contributed by atoms with van der Waals surface area (Å²) in [5, 5.41) is 87.7. The van der Waals surface area contributed by atoms with E-state index in [2.05, 4.69) is 0 Å². The van der Waals surface area contributed by atoms with Crippen LogP contribution in [-0.4, -0.2) is 132 Å². The van der Waals surface area contributed by atoms with E-state index in [0.717, 1.165) is 12.8 Å². The molecule has 1 rings (SSSR count). The number of rotatable bonds is 13. The molecule has 1 fully saturated rings. The Morgan fingerprint density at radius 3 is 1.66 bits per heavy atom. The van der Waals surface area contributed by atoms with Gasteiger partial charge < -0.3 is 51.7 Å². The predicted octanol–water partition coefficient (Wildman–Crippen LogP) is -4.54. The van der Waals surface area contributed by atoms with E-state index in [1.807, 2.05) is 0 Å². The van der Waals surface area contributed by atoms with E-state index in [4.69, 9.17) is 15.9 Å². The lowest BCUT2D eigenvalue weighted by Crippen LogP contribution is -2.55. The molecule has 11 N–H and O–H groups in total. The Balaban J connectivity index is 2.82. The van der Waals surface area contributed by atoms with Gasteiger partial charge in [0.1, 0.15) is 24.4 Å². The largest absolute Gasteiger partial charge is 0.396 e. The third-order valence-electron chi connectivity index (χ3n) is 5.64. The fraction of sp³-hybridized carbons (Fsp3) is 1.00. The first kappa shape index (κ1) is 26.6. The van der Waals surface area contributed by atoms with Crippen molar-refractivity contribution in [1.82, 2.24) is 4.90 Å². The van der Waals surface area contributed by atoms with Gasteiger partial charge in [0.2, 0.25) is 0 Å². The second kappa shape index (κ2) is 13.1. The lowest BCUT2D eigenvalue weighted by Gasteiger charge is -2.40. The minimum Gasteiger partial charge on any atom is -0.396 e. The minimum atomic E-state index is -1.77. The van der Waals surface area contributed by atoms with E-state index in [0.29, 0.717) is 12.8 Å². The van der Waals surface area contributed by atoms with Gasteiger partial charge in [-0.15, -0.1) is 0 Å². The van der Waals surface area contributed by atoms with Crippen LogP contribution in [0.1, 0.15) is 32.1 Å². The SMILES string of the molecule is NC1CCC(N(C[C@H](O)[C@@H](O)[C@H](O)[C@H](O)CO)C[C@H](O)[C@@H](O)[C@H](O)CCO)CC1. The second-order valence-electron chi connectivity index (χ2n) is 7.96. The van der Waals surface area contributed by atoms with Crippen molar-refractivity contribution in [3.8, 4) is 0 Å². The van der Waals surface area contributed by atoms with E-state index < -0.39 is 49.3 Å². The van der Waals surface area contributed by atoms with Gasteiger partial charge in [-0.3, -0.25) is 4.90 Å². The zero-order valence-corrected chi connectivity index (χ0v) is 16.6. The molecular weight excluding hydrogens is 388 g/mol. The van der Waals surface area contributed by atoms with Crippen molar-refractivity contribution in [1.29, 1.82) is 0 Å². The molecule has 11 heteroatoms. The Morgan fingerprint density at radius 1 is 0.690 bits per heavy atom. The molecule has 0 aliphatic heterocycles. The quantitative estimate of drug-likeness (QED) is 0.135. The van der Waals surface area contributed by atoms with Gasteiger partial charge in [0.15, 0.2) is 0 Å². The van der Waals surface area contributed by atoms with Crippen molar-refractivity contribution >= 4 is 0 Å². The minimum absolute atomic E-state index is 0.0482.